The molecule has 0 saturated heterocycles. The van der Waals surface area contributed by atoms with E-state index in [0.717, 1.165) is 34.5 Å². The van der Waals surface area contributed by atoms with Crippen LogP contribution in [0.1, 0.15) is 49.2 Å². The summed E-state index contributed by atoms with van der Waals surface area (Å²) < 4.78 is 0. The number of hydrogen-bond acceptors (Lipinski definition) is 4. The molecule has 0 saturated carbocycles. The van der Waals surface area contributed by atoms with Gasteiger partial charge in [-0.15, -0.1) is 0 Å². The zero-order valence-corrected chi connectivity index (χ0v) is 20.8. The van der Waals surface area contributed by atoms with Crippen LogP contribution in [0.5, 0.6) is 0 Å². The lowest BCUT2D eigenvalue weighted by atomic mass is 9.88. The summed E-state index contributed by atoms with van der Waals surface area (Å²) in [5.74, 6) is -0.204. The molecule has 3 N–H and O–H groups in total. The molecule has 0 spiro atoms. The fraction of sp³-hybridized carbons (Fsp3) is 0.286. The summed E-state index contributed by atoms with van der Waals surface area (Å²) in [4.78, 5) is 26.6. The van der Waals surface area contributed by atoms with Crippen LogP contribution in [0.2, 0.25) is 5.02 Å². The first-order valence-corrected chi connectivity index (χ1v) is 12.1. The standard InChI is InChI=1S/C28H30ClN3O3/c1-17-14-26(31-24-11-9-23(29)10-12-24)25-15-22(8-13-27(25)32(17)19(3)34)20-4-6-21(7-5-20)28(35)30-16-18(2)33/h4-13,15,17-18,26,31,33H,14,16H2,1-3H3,(H,30,35)/t17-,18+,26+/m0/s1. The highest BCUT2D eigenvalue weighted by atomic mass is 35.5. The van der Waals surface area contributed by atoms with Gasteiger partial charge in [0.1, 0.15) is 0 Å². The van der Waals surface area contributed by atoms with Crippen molar-refractivity contribution in [2.75, 3.05) is 16.8 Å². The van der Waals surface area contributed by atoms with Crippen LogP contribution in [-0.2, 0) is 4.79 Å². The van der Waals surface area contributed by atoms with Gasteiger partial charge in [-0.05, 0) is 85.5 Å². The van der Waals surface area contributed by atoms with E-state index in [-0.39, 0.29) is 30.4 Å². The SMILES string of the molecule is CC(=O)N1c2ccc(-c3ccc(C(=O)NC[C@@H](C)O)cc3)cc2[C@H](Nc2ccc(Cl)cc2)C[C@@H]1C. The maximum atomic E-state index is 12.5. The molecule has 1 aliphatic rings. The van der Waals surface area contributed by atoms with Crippen LogP contribution in [0, 0.1) is 0 Å². The maximum absolute atomic E-state index is 12.5. The monoisotopic (exact) mass is 491 g/mol. The molecule has 182 valence electrons. The second kappa shape index (κ2) is 10.5. The summed E-state index contributed by atoms with van der Waals surface area (Å²) in [6.45, 7) is 5.50. The van der Waals surface area contributed by atoms with E-state index in [1.54, 1.807) is 26.0 Å². The molecule has 3 atom stereocenters. The summed E-state index contributed by atoms with van der Waals surface area (Å²) in [5, 5.41) is 16.4. The van der Waals surface area contributed by atoms with Crippen molar-refractivity contribution >= 4 is 34.8 Å². The molecule has 1 heterocycles. The highest BCUT2D eigenvalue weighted by Gasteiger charge is 2.32. The number of hydrogen-bond donors (Lipinski definition) is 3. The van der Waals surface area contributed by atoms with Gasteiger partial charge in [-0.1, -0.05) is 29.8 Å². The quantitative estimate of drug-likeness (QED) is 0.430. The van der Waals surface area contributed by atoms with Crippen LogP contribution >= 0.6 is 11.6 Å². The van der Waals surface area contributed by atoms with Crippen molar-refractivity contribution in [3.8, 4) is 11.1 Å². The van der Waals surface area contributed by atoms with Crippen molar-refractivity contribution in [3.63, 3.8) is 0 Å². The van der Waals surface area contributed by atoms with Crippen molar-refractivity contribution in [1.29, 1.82) is 0 Å². The predicted molar refractivity (Wildman–Crippen MR) is 141 cm³/mol. The lowest BCUT2D eigenvalue weighted by Crippen LogP contribution is -2.43. The molecule has 7 heteroatoms. The Morgan fingerprint density at radius 1 is 1.06 bits per heavy atom. The van der Waals surface area contributed by atoms with E-state index in [2.05, 4.69) is 23.6 Å². The summed E-state index contributed by atoms with van der Waals surface area (Å²) in [6.07, 6.45) is 0.168. The van der Waals surface area contributed by atoms with E-state index in [1.807, 2.05) is 53.4 Å². The van der Waals surface area contributed by atoms with Gasteiger partial charge in [-0.3, -0.25) is 9.59 Å². The Balaban J connectivity index is 1.65. The summed E-state index contributed by atoms with van der Waals surface area (Å²) in [7, 11) is 0. The first kappa shape index (κ1) is 24.8. The maximum Gasteiger partial charge on any atom is 0.251 e. The van der Waals surface area contributed by atoms with Crippen LogP contribution in [0.25, 0.3) is 11.1 Å². The number of aliphatic hydroxyl groups is 1. The zero-order valence-electron chi connectivity index (χ0n) is 20.1. The minimum atomic E-state index is -0.597. The molecule has 1 aliphatic heterocycles. The van der Waals surface area contributed by atoms with Gasteiger partial charge in [0.2, 0.25) is 5.91 Å². The van der Waals surface area contributed by atoms with Crippen molar-refractivity contribution in [2.24, 2.45) is 0 Å². The van der Waals surface area contributed by atoms with E-state index in [0.29, 0.717) is 10.6 Å². The normalized spacial score (nSPS) is 17.9. The Bertz CT molecular complexity index is 1210. The van der Waals surface area contributed by atoms with Crippen LogP contribution in [0.3, 0.4) is 0 Å². The Morgan fingerprint density at radius 2 is 1.71 bits per heavy atom. The van der Waals surface area contributed by atoms with Gasteiger partial charge >= 0.3 is 0 Å². The lowest BCUT2D eigenvalue weighted by Gasteiger charge is -2.39. The highest BCUT2D eigenvalue weighted by Crippen LogP contribution is 2.41. The van der Waals surface area contributed by atoms with Gasteiger partial charge in [0, 0.05) is 41.5 Å². The summed E-state index contributed by atoms with van der Waals surface area (Å²) in [6, 6.07) is 21.2. The Labute approximate surface area is 210 Å². The largest absolute Gasteiger partial charge is 0.392 e. The third-order valence-corrected chi connectivity index (χ3v) is 6.49. The second-order valence-corrected chi connectivity index (χ2v) is 9.52. The first-order chi connectivity index (χ1) is 16.7. The number of amides is 2. The molecule has 2 amide bonds. The molecule has 3 aromatic carbocycles. The molecule has 0 aliphatic carbocycles. The first-order valence-electron chi connectivity index (χ1n) is 11.8. The van der Waals surface area contributed by atoms with Crippen molar-refractivity contribution in [3.05, 3.63) is 82.9 Å². The lowest BCUT2D eigenvalue weighted by molar-refractivity contribution is -0.117. The molecule has 0 aromatic heterocycles. The van der Waals surface area contributed by atoms with E-state index >= 15 is 0 Å². The van der Waals surface area contributed by atoms with Gasteiger partial charge in [-0.2, -0.15) is 0 Å². The average Bonchev–Trinajstić information content (AvgIpc) is 2.83. The third-order valence-electron chi connectivity index (χ3n) is 6.24. The minimum Gasteiger partial charge on any atom is -0.392 e. The average molecular weight is 492 g/mol. The number of benzene rings is 3. The molecular weight excluding hydrogens is 462 g/mol. The molecule has 0 fully saturated rings. The number of carbonyl (C=O) groups is 2. The molecule has 3 aromatic rings. The smallest absolute Gasteiger partial charge is 0.251 e. The Kier molecular flexibility index (Phi) is 7.43. The van der Waals surface area contributed by atoms with Crippen LogP contribution in [0.15, 0.2) is 66.7 Å². The Hall–Kier alpha value is -3.35. The number of halogens is 1. The van der Waals surface area contributed by atoms with Gasteiger partial charge in [0.15, 0.2) is 0 Å². The van der Waals surface area contributed by atoms with Crippen molar-refractivity contribution in [2.45, 2.75) is 45.4 Å². The molecular formula is C28H30ClN3O3. The number of carbonyl (C=O) groups excluding carboxylic acids is 2. The minimum absolute atomic E-state index is 0.0160. The molecule has 4 rings (SSSR count). The number of nitrogens with one attached hydrogen (secondary N) is 2. The molecule has 0 unspecified atom stereocenters. The van der Waals surface area contributed by atoms with E-state index in [4.69, 9.17) is 11.6 Å². The van der Waals surface area contributed by atoms with Crippen molar-refractivity contribution in [1.82, 2.24) is 5.32 Å². The number of aliphatic hydroxyl groups excluding tert-OH is 1. The zero-order chi connectivity index (χ0) is 25.1. The van der Waals surface area contributed by atoms with Gasteiger partial charge < -0.3 is 20.6 Å². The number of fused-ring (bicyclic) bond motifs is 1. The molecule has 6 nitrogen and oxygen atoms in total. The number of rotatable bonds is 6. The summed E-state index contributed by atoms with van der Waals surface area (Å²) >= 11 is 6.06. The second-order valence-electron chi connectivity index (χ2n) is 9.09. The summed E-state index contributed by atoms with van der Waals surface area (Å²) in [5.41, 5.74) is 5.42. The van der Waals surface area contributed by atoms with Gasteiger partial charge in [0.05, 0.1) is 12.1 Å². The number of anilines is 2. The van der Waals surface area contributed by atoms with E-state index in [9.17, 15) is 14.7 Å². The molecule has 35 heavy (non-hydrogen) atoms. The molecule has 0 bridgehead atoms. The van der Waals surface area contributed by atoms with E-state index in [1.165, 1.54) is 0 Å². The fourth-order valence-corrected chi connectivity index (χ4v) is 4.69. The highest BCUT2D eigenvalue weighted by molar-refractivity contribution is 6.30. The van der Waals surface area contributed by atoms with Gasteiger partial charge in [-0.25, -0.2) is 0 Å². The molecule has 0 radical (unpaired) electrons. The van der Waals surface area contributed by atoms with Crippen molar-refractivity contribution < 1.29 is 14.7 Å². The topological polar surface area (TPSA) is 81.7 Å². The third kappa shape index (κ3) is 5.66. The number of nitrogens with zero attached hydrogens (tertiary/aromatic N) is 1. The van der Waals surface area contributed by atoms with Gasteiger partial charge in [0.25, 0.3) is 5.91 Å². The van der Waals surface area contributed by atoms with Crippen LogP contribution in [0.4, 0.5) is 11.4 Å². The Morgan fingerprint density at radius 3 is 2.34 bits per heavy atom. The van der Waals surface area contributed by atoms with E-state index < -0.39 is 6.10 Å². The fourth-order valence-electron chi connectivity index (χ4n) is 4.56. The van der Waals surface area contributed by atoms with Crippen LogP contribution in [-0.4, -0.2) is 35.6 Å². The predicted octanol–water partition coefficient (Wildman–Crippen LogP) is 5.42. The van der Waals surface area contributed by atoms with Crippen LogP contribution < -0.4 is 15.5 Å².